The van der Waals surface area contributed by atoms with E-state index in [4.69, 9.17) is 21.1 Å². The van der Waals surface area contributed by atoms with E-state index in [1.165, 1.54) is 0 Å². The second-order valence-corrected chi connectivity index (χ2v) is 7.00. The highest BCUT2D eigenvalue weighted by molar-refractivity contribution is 6.32. The third-order valence-electron chi connectivity index (χ3n) is 4.06. The van der Waals surface area contributed by atoms with E-state index in [2.05, 4.69) is 5.32 Å². The van der Waals surface area contributed by atoms with Crippen molar-refractivity contribution in [3.05, 3.63) is 58.1 Å². The van der Waals surface area contributed by atoms with Crippen molar-refractivity contribution < 1.29 is 14.3 Å². The Bertz CT molecular complexity index is 753. The summed E-state index contributed by atoms with van der Waals surface area (Å²) < 4.78 is 11.5. The molecule has 26 heavy (non-hydrogen) atoms. The predicted octanol–water partition coefficient (Wildman–Crippen LogP) is 4.62. The van der Waals surface area contributed by atoms with Crippen molar-refractivity contribution in [3.63, 3.8) is 0 Å². The molecule has 2 rings (SSSR count). The maximum atomic E-state index is 12.4. The molecule has 0 radical (unpaired) electrons. The molecule has 1 amide bonds. The van der Waals surface area contributed by atoms with Crippen LogP contribution in [-0.4, -0.2) is 24.7 Å². The lowest BCUT2D eigenvalue weighted by Gasteiger charge is -2.20. The summed E-state index contributed by atoms with van der Waals surface area (Å²) >= 11 is 6.17. The summed E-state index contributed by atoms with van der Waals surface area (Å²) in [6.45, 7) is 9.84. The Morgan fingerprint density at radius 2 is 1.69 bits per heavy atom. The molecule has 0 unspecified atom stereocenters. The van der Waals surface area contributed by atoms with Crippen molar-refractivity contribution in [2.75, 3.05) is 6.61 Å². The fraction of sp³-hybridized carbons (Fsp3) is 0.381. The number of nitrogens with one attached hydrogen (secondary N) is 1. The highest BCUT2D eigenvalue weighted by atomic mass is 35.5. The van der Waals surface area contributed by atoms with Gasteiger partial charge in [0.2, 0.25) is 0 Å². The zero-order valence-corrected chi connectivity index (χ0v) is 16.7. The van der Waals surface area contributed by atoms with Crippen LogP contribution in [0.4, 0.5) is 0 Å². The molecule has 0 aliphatic heterocycles. The number of para-hydroxylation sites is 1. The average Bonchev–Trinajstić information content (AvgIpc) is 2.58. The first kappa shape index (κ1) is 20.1. The molecule has 0 spiro atoms. The first-order chi connectivity index (χ1) is 12.3. The number of hydrogen-bond acceptors (Lipinski definition) is 3. The molecule has 4 nitrogen and oxygen atoms in total. The van der Waals surface area contributed by atoms with Crippen LogP contribution in [0.3, 0.4) is 0 Å². The topological polar surface area (TPSA) is 47.6 Å². The summed E-state index contributed by atoms with van der Waals surface area (Å²) in [5.41, 5.74) is 2.92. The van der Waals surface area contributed by atoms with Crippen LogP contribution >= 0.6 is 11.6 Å². The van der Waals surface area contributed by atoms with Crippen molar-refractivity contribution in [3.8, 4) is 11.5 Å². The maximum Gasteiger partial charge on any atom is 0.261 e. The van der Waals surface area contributed by atoms with Crippen LogP contribution < -0.4 is 14.8 Å². The van der Waals surface area contributed by atoms with Crippen LogP contribution in [-0.2, 0) is 4.79 Å². The molecule has 0 aromatic heterocycles. The number of carbonyl (C=O) groups is 1. The van der Waals surface area contributed by atoms with Gasteiger partial charge in [-0.3, -0.25) is 4.79 Å². The number of ether oxygens (including phenoxy) is 2. The van der Waals surface area contributed by atoms with E-state index >= 15 is 0 Å². The number of carbonyl (C=O) groups excluding carboxylic acids is 1. The van der Waals surface area contributed by atoms with Crippen LogP contribution in [0.25, 0.3) is 0 Å². The molecule has 5 heteroatoms. The third kappa shape index (κ3) is 5.40. The molecule has 0 aliphatic rings. The highest BCUT2D eigenvalue weighted by Crippen LogP contribution is 2.26. The van der Waals surface area contributed by atoms with E-state index < -0.39 is 6.10 Å². The van der Waals surface area contributed by atoms with Gasteiger partial charge in [-0.15, -0.1) is 0 Å². The molecule has 0 aliphatic carbocycles. The Balaban J connectivity index is 1.87. The van der Waals surface area contributed by atoms with Gasteiger partial charge in [0.1, 0.15) is 18.1 Å². The summed E-state index contributed by atoms with van der Waals surface area (Å²) in [5, 5.41) is 3.63. The van der Waals surface area contributed by atoms with Crippen LogP contribution in [0.2, 0.25) is 5.02 Å². The number of benzene rings is 2. The summed E-state index contributed by atoms with van der Waals surface area (Å²) in [4.78, 5) is 12.4. The number of amides is 1. The van der Waals surface area contributed by atoms with E-state index in [0.717, 1.165) is 27.5 Å². The zero-order chi connectivity index (χ0) is 19.3. The second kappa shape index (κ2) is 8.95. The van der Waals surface area contributed by atoms with Gasteiger partial charge in [0, 0.05) is 5.02 Å². The Kier molecular flexibility index (Phi) is 6.92. The summed E-state index contributed by atoms with van der Waals surface area (Å²) in [5.74, 6) is 1.28. The molecular formula is C21H26ClNO3. The quantitative estimate of drug-likeness (QED) is 0.768. The molecule has 2 atom stereocenters. The highest BCUT2D eigenvalue weighted by Gasteiger charge is 2.18. The average molecular weight is 376 g/mol. The second-order valence-electron chi connectivity index (χ2n) is 6.62. The van der Waals surface area contributed by atoms with Crippen LogP contribution in [0.15, 0.2) is 36.4 Å². The van der Waals surface area contributed by atoms with Gasteiger partial charge in [0.05, 0.1) is 6.04 Å². The van der Waals surface area contributed by atoms with Crippen LogP contribution in [0, 0.1) is 20.8 Å². The lowest BCUT2D eigenvalue weighted by atomic mass is 10.1. The monoisotopic (exact) mass is 375 g/mol. The molecule has 140 valence electrons. The van der Waals surface area contributed by atoms with Gasteiger partial charge < -0.3 is 14.8 Å². The third-order valence-corrected chi connectivity index (χ3v) is 4.66. The van der Waals surface area contributed by atoms with Crippen LogP contribution in [0.1, 0.15) is 30.5 Å². The standard InChI is InChI=1S/C21H26ClNO3/c1-13-8-6-7-9-19(13)25-12-16(4)23-21(24)17(5)26-18-10-14(2)20(22)15(3)11-18/h6-11,16-17H,12H2,1-5H3,(H,23,24)/t16-,17-/m1/s1. The minimum atomic E-state index is -0.615. The van der Waals surface area contributed by atoms with Crippen molar-refractivity contribution >= 4 is 17.5 Å². The number of hydrogen-bond donors (Lipinski definition) is 1. The van der Waals surface area contributed by atoms with Gasteiger partial charge in [-0.2, -0.15) is 0 Å². The minimum absolute atomic E-state index is 0.137. The molecule has 0 saturated carbocycles. The number of rotatable bonds is 7. The van der Waals surface area contributed by atoms with Gasteiger partial charge in [-0.05, 0) is 69.5 Å². The normalized spacial score (nSPS) is 13.0. The Morgan fingerprint density at radius 1 is 1.08 bits per heavy atom. The lowest BCUT2D eigenvalue weighted by molar-refractivity contribution is -0.128. The minimum Gasteiger partial charge on any atom is -0.491 e. The number of aryl methyl sites for hydroxylation is 3. The molecule has 0 bridgehead atoms. The van der Waals surface area contributed by atoms with Crippen molar-refractivity contribution in [2.24, 2.45) is 0 Å². The first-order valence-corrected chi connectivity index (χ1v) is 9.08. The molecule has 0 fully saturated rings. The molecule has 2 aromatic rings. The van der Waals surface area contributed by atoms with E-state index in [0.29, 0.717) is 12.4 Å². The van der Waals surface area contributed by atoms with Crippen molar-refractivity contribution in [1.29, 1.82) is 0 Å². The van der Waals surface area contributed by atoms with Gasteiger partial charge in [-0.1, -0.05) is 29.8 Å². The van der Waals surface area contributed by atoms with Crippen molar-refractivity contribution in [1.82, 2.24) is 5.32 Å². The van der Waals surface area contributed by atoms with Gasteiger partial charge in [0.25, 0.3) is 5.91 Å². The summed E-state index contributed by atoms with van der Waals surface area (Å²) in [6.07, 6.45) is -0.615. The van der Waals surface area contributed by atoms with E-state index in [1.807, 2.05) is 64.1 Å². The van der Waals surface area contributed by atoms with Gasteiger partial charge in [-0.25, -0.2) is 0 Å². The summed E-state index contributed by atoms with van der Waals surface area (Å²) in [6, 6.07) is 11.3. The molecule has 1 N–H and O–H groups in total. The molecule has 2 aromatic carbocycles. The number of halogens is 1. The van der Waals surface area contributed by atoms with Gasteiger partial charge >= 0.3 is 0 Å². The first-order valence-electron chi connectivity index (χ1n) is 8.70. The van der Waals surface area contributed by atoms with E-state index in [-0.39, 0.29) is 11.9 Å². The smallest absolute Gasteiger partial charge is 0.261 e. The predicted molar refractivity (Wildman–Crippen MR) is 105 cm³/mol. The molecule has 0 saturated heterocycles. The summed E-state index contributed by atoms with van der Waals surface area (Å²) in [7, 11) is 0. The van der Waals surface area contributed by atoms with E-state index in [1.54, 1.807) is 6.92 Å². The SMILES string of the molecule is Cc1ccccc1OC[C@@H](C)NC(=O)[C@@H](C)Oc1cc(C)c(Cl)c(C)c1. The Labute approximate surface area is 160 Å². The van der Waals surface area contributed by atoms with E-state index in [9.17, 15) is 4.79 Å². The maximum absolute atomic E-state index is 12.4. The molecule has 0 heterocycles. The fourth-order valence-corrected chi connectivity index (χ4v) is 2.68. The lowest BCUT2D eigenvalue weighted by Crippen LogP contribution is -2.43. The Morgan fingerprint density at radius 3 is 2.31 bits per heavy atom. The largest absolute Gasteiger partial charge is 0.491 e. The van der Waals surface area contributed by atoms with Crippen molar-refractivity contribution in [2.45, 2.75) is 46.8 Å². The zero-order valence-electron chi connectivity index (χ0n) is 15.9. The van der Waals surface area contributed by atoms with Gasteiger partial charge in [0.15, 0.2) is 6.10 Å². The Hall–Kier alpha value is -2.20. The fourth-order valence-electron chi connectivity index (χ4n) is 2.57. The van der Waals surface area contributed by atoms with Crippen LogP contribution in [0.5, 0.6) is 11.5 Å². The molecular weight excluding hydrogens is 350 g/mol.